The van der Waals surface area contributed by atoms with Crippen molar-refractivity contribution >= 4 is 0 Å². The van der Waals surface area contributed by atoms with Gasteiger partial charge < -0.3 is 15.6 Å². The van der Waals surface area contributed by atoms with E-state index in [9.17, 15) is 9.50 Å². The lowest BCUT2D eigenvalue weighted by Crippen LogP contribution is -2.43. The Bertz CT molecular complexity index is 390. The average molecular weight is 284 g/mol. The Morgan fingerprint density at radius 3 is 2.70 bits per heavy atom. The quantitative estimate of drug-likeness (QED) is 0.722. The van der Waals surface area contributed by atoms with Gasteiger partial charge in [0.1, 0.15) is 5.82 Å². The zero-order valence-electron chi connectivity index (χ0n) is 12.3. The Labute approximate surface area is 120 Å². The van der Waals surface area contributed by atoms with E-state index in [2.05, 4.69) is 0 Å². The van der Waals surface area contributed by atoms with Gasteiger partial charge in [0.15, 0.2) is 0 Å². The van der Waals surface area contributed by atoms with E-state index in [-0.39, 0.29) is 24.5 Å². The van der Waals surface area contributed by atoms with Gasteiger partial charge in [-0.15, -0.1) is 0 Å². The van der Waals surface area contributed by atoms with Crippen LogP contribution in [0.15, 0.2) is 24.3 Å². The maximum absolute atomic E-state index is 13.5. The monoisotopic (exact) mass is 284 g/mol. The maximum atomic E-state index is 13.5. The second-order valence-corrected chi connectivity index (χ2v) is 4.82. The molecule has 0 aliphatic carbocycles. The highest BCUT2D eigenvalue weighted by Gasteiger charge is 2.25. The Morgan fingerprint density at radius 2 is 2.15 bits per heavy atom. The lowest BCUT2D eigenvalue weighted by Gasteiger charge is -2.35. The van der Waals surface area contributed by atoms with Gasteiger partial charge in [0.05, 0.1) is 19.3 Å². The summed E-state index contributed by atoms with van der Waals surface area (Å²) in [5.74, 6) is -0.272. The summed E-state index contributed by atoms with van der Waals surface area (Å²) in [6.45, 7) is 3.71. The van der Waals surface area contributed by atoms with Crippen LogP contribution in [-0.2, 0) is 4.74 Å². The molecule has 0 radical (unpaired) electrons. The molecule has 0 spiro atoms. The summed E-state index contributed by atoms with van der Waals surface area (Å²) in [5.41, 5.74) is 7.05. The highest BCUT2D eigenvalue weighted by molar-refractivity contribution is 5.22. The Hall–Kier alpha value is -1.01. The van der Waals surface area contributed by atoms with Crippen LogP contribution in [0.5, 0.6) is 0 Å². The van der Waals surface area contributed by atoms with Crippen molar-refractivity contribution in [2.45, 2.75) is 25.4 Å². The van der Waals surface area contributed by atoms with Gasteiger partial charge in [-0.3, -0.25) is 4.90 Å². The van der Waals surface area contributed by atoms with E-state index in [0.29, 0.717) is 19.7 Å². The zero-order valence-corrected chi connectivity index (χ0v) is 12.3. The molecular weight excluding hydrogens is 259 g/mol. The van der Waals surface area contributed by atoms with E-state index < -0.39 is 0 Å². The molecule has 0 aromatic heterocycles. The number of halogens is 1. The number of aliphatic hydroxyl groups excluding tert-OH is 1. The van der Waals surface area contributed by atoms with Crippen LogP contribution in [0, 0.1) is 5.82 Å². The number of ether oxygens (including phenoxy) is 1. The van der Waals surface area contributed by atoms with Crippen molar-refractivity contribution in [3.63, 3.8) is 0 Å². The first-order chi connectivity index (χ1) is 9.63. The van der Waals surface area contributed by atoms with Crippen LogP contribution in [0.25, 0.3) is 0 Å². The maximum Gasteiger partial charge on any atom is 0.123 e. The number of hydrogen-bond donors (Lipinski definition) is 2. The van der Waals surface area contributed by atoms with Gasteiger partial charge in [-0.2, -0.15) is 0 Å². The standard InChI is InChI=1S/C15H25FN2O2/c1-3-14(17)15(12-5-4-6-13(16)11-12)18(7-9-19)8-10-20-2/h4-6,11,14-15,19H,3,7-10,17H2,1-2H3. The Morgan fingerprint density at radius 1 is 1.40 bits per heavy atom. The molecule has 3 N–H and O–H groups in total. The first kappa shape index (κ1) is 17.0. The Balaban J connectivity index is 3.01. The van der Waals surface area contributed by atoms with Crippen molar-refractivity contribution in [2.24, 2.45) is 5.73 Å². The van der Waals surface area contributed by atoms with Crippen LogP contribution in [0.3, 0.4) is 0 Å². The van der Waals surface area contributed by atoms with E-state index in [0.717, 1.165) is 12.0 Å². The highest BCUT2D eigenvalue weighted by atomic mass is 19.1. The van der Waals surface area contributed by atoms with Gasteiger partial charge in [0.2, 0.25) is 0 Å². The summed E-state index contributed by atoms with van der Waals surface area (Å²) >= 11 is 0. The summed E-state index contributed by atoms with van der Waals surface area (Å²) < 4.78 is 18.6. The lowest BCUT2D eigenvalue weighted by atomic mass is 9.96. The number of rotatable bonds is 9. The summed E-state index contributed by atoms with van der Waals surface area (Å²) in [4.78, 5) is 2.05. The largest absolute Gasteiger partial charge is 0.395 e. The van der Waals surface area contributed by atoms with E-state index in [1.165, 1.54) is 12.1 Å². The van der Waals surface area contributed by atoms with E-state index in [1.54, 1.807) is 13.2 Å². The molecule has 4 nitrogen and oxygen atoms in total. The van der Waals surface area contributed by atoms with E-state index in [1.807, 2.05) is 17.9 Å². The van der Waals surface area contributed by atoms with Crippen LogP contribution in [0.1, 0.15) is 24.9 Å². The predicted molar refractivity (Wildman–Crippen MR) is 77.9 cm³/mol. The second-order valence-electron chi connectivity index (χ2n) is 4.82. The van der Waals surface area contributed by atoms with Crippen LogP contribution in [0.2, 0.25) is 0 Å². The molecule has 5 heteroatoms. The SMILES string of the molecule is CCC(N)C(c1cccc(F)c1)N(CCO)CCOC. The second kappa shape index (κ2) is 9.02. The normalized spacial score (nSPS) is 14.5. The van der Waals surface area contributed by atoms with Crippen molar-refractivity contribution in [2.75, 3.05) is 33.4 Å². The smallest absolute Gasteiger partial charge is 0.123 e. The number of nitrogens with two attached hydrogens (primary N) is 1. The van der Waals surface area contributed by atoms with Gasteiger partial charge in [0, 0.05) is 26.2 Å². The Kier molecular flexibility index (Phi) is 7.69. The molecule has 2 unspecified atom stereocenters. The van der Waals surface area contributed by atoms with Crippen LogP contribution in [-0.4, -0.2) is 49.5 Å². The molecule has 1 aromatic carbocycles. The van der Waals surface area contributed by atoms with Crippen LogP contribution in [0.4, 0.5) is 4.39 Å². The summed E-state index contributed by atoms with van der Waals surface area (Å²) in [5, 5.41) is 9.24. The number of nitrogens with zero attached hydrogens (tertiary/aromatic N) is 1. The van der Waals surface area contributed by atoms with E-state index in [4.69, 9.17) is 10.5 Å². The minimum atomic E-state index is -0.272. The lowest BCUT2D eigenvalue weighted by molar-refractivity contribution is 0.0898. The minimum absolute atomic E-state index is 0.0337. The van der Waals surface area contributed by atoms with Gasteiger partial charge in [-0.25, -0.2) is 4.39 Å². The molecule has 0 aliphatic heterocycles. The van der Waals surface area contributed by atoms with Crippen molar-refractivity contribution in [1.29, 1.82) is 0 Å². The molecule has 20 heavy (non-hydrogen) atoms. The molecule has 1 rings (SSSR count). The molecule has 114 valence electrons. The first-order valence-corrected chi connectivity index (χ1v) is 6.98. The van der Waals surface area contributed by atoms with Crippen molar-refractivity contribution in [3.05, 3.63) is 35.6 Å². The van der Waals surface area contributed by atoms with Gasteiger partial charge in [-0.05, 0) is 24.1 Å². The topological polar surface area (TPSA) is 58.7 Å². The number of methoxy groups -OCH3 is 1. The summed E-state index contributed by atoms with van der Waals surface area (Å²) in [6, 6.07) is 6.24. The third kappa shape index (κ3) is 4.83. The highest BCUT2D eigenvalue weighted by Crippen LogP contribution is 2.25. The zero-order chi connectivity index (χ0) is 15.0. The van der Waals surface area contributed by atoms with Crippen LogP contribution >= 0.6 is 0 Å². The van der Waals surface area contributed by atoms with Crippen molar-refractivity contribution in [3.8, 4) is 0 Å². The van der Waals surface area contributed by atoms with Crippen LogP contribution < -0.4 is 5.73 Å². The van der Waals surface area contributed by atoms with E-state index >= 15 is 0 Å². The third-order valence-electron chi connectivity index (χ3n) is 3.43. The number of hydrogen-bond acceptors (Lipinski definition) is 4. The van der Waals surface area contributed by atoms with Crippen molar-refractivity contribution in [1.82, 2.24) is 4.90 Å². The van der Waals surface area contributed by atoms with Gasteiger partial charge >= 0.3 is 0 Å². The molecule has 0 bridgehead atoms. The van der Waals surface area contributed by atoms with Gasteiger partial charge in [0.25, 0.3) is 0 Å². The molecular formula is C15H25FN2O2. The third-order valence-corrected chi connectivity index (χ3v) is 3.43. The fourth-order valence-corrected chi connectivity index (χ4v) is 2.37. The molecule has 0 heterocycles. The molecule has 0 amide bonds. The molecule has 0 fully saturated rings. The fraction of sp³-hybridized carbons (Fsp3) is 0.600. The first-order valence-electron chi connectivity index (χ1n) is 6.98. The summed E-state index contributed by atoms with van der Waals surface area (Å²) in [7, 11) is 1.63. The van der Waals surface area contributed by atoms with Crippen molar-refractivity contribution < 1.29 is 14.2 Å². The number of benzene rings is 1. The van der Waals surface area contributed by atoms with Gasteiger partial charge in [-0.1, -0.05) is 19.1 Å². The molecule has 0 saturated heterocycles. The minimum Gasteiger partial charge on any atom is -0.395 e. The molecule has 0 aliphatic rings. The molecule has 1 aromatic rings. The number of aliphatic hydroxyl groups is 1. The molecule has 2 atom stereocenters. The molecule has 0 saturated carbocycles. The fourth-order valence-electron chi connectivity index (χ4n) is 2.37. The average Bonchev–Trinajstić information content (AvgIpc) is 2.44. The summed E-state index contributed by atoms with van der Waals surface area (Å²) in [6.07, 6.45) is 0.774. The predicted octanol–water partition coefficient (Wildman–Crippen LogP) is 1.54.